The number of hydrogen-bond acceptors (Lipinski definition) is 3. The molecule has 0 atom stereocenters. The lowest BCUT2D eigenvalue weighted by Gasteiger charge is -2.10. The number of hydrogen-bond donors (Lipinski definition) is 1. The molecule has 2 aromatic heterocycles. The molecule has 21 heavy (non-hydrogen) atoms. The Morgan fingerprint density at radius 1 is 1.33 bits per heavy atom. The number of rotatable bonds is 5. The largest absolute Gasteiger partial charge is 0.352 e. The second kappa shape index (κ2) is 6.85. The monoisotopic (exact) mass is 300 g/mol. The van der Waals surface area contributed by atoms with Crippen molar-refractivity contribution < 1.29 is 4.79 Å². The van der Waals surface area contributed by atoms with E-state index in [1.165, 1.54) is 30.6 Å². The Kier molecular flexibility index (Phi) is 4.65. The number of amides is 1. The van der Waals surface area contributed by atoms with Gasteiger partial charge in [-0.05, 0) is 41.8 Å². The van der Waals surface area contributed by atoms with Crippen LogP contribution in [-0.4, -0.2) is 10.9 Å². The summed E-state index contributed by atoms with van der Waals surface area (Å²) in [6.07, 6.45) is 9.36. The minimum Gasteiger partial charge on any atom is -0.352 e. The molecule has 0 aliphatic heterocycles. The summed E-state index contributed by atoms with van der Waals surface area (Å²) < 4.78 is 0. The van der Waals surface area contributed by atoms with E-state index in [9.17, 15) is 4.79 Å². The normalized spacial score (nSPS) is 15.2. The first-order valence-corrected chi connectivity index (χ1v) is 8.44. The van der Waals surface area contributed by atoms with Crippen LogP contribution >= 0.6 is 11.3 Å². The molecule has 2 aromatic rings. The Bertz CT molecular complexity index is 589. The van der Waals surface area contributed by atoms with Crippen molar-refractivity contribution in [3.8, 4) is 10.4 Å². The van der Waals surface area contributed by atoms with Crippen molar-refractivity contribution in [2.75, 3.05) is 0 Å². The lowest BCUT2D eigenvalue weighted by Crippen LogP contribution is -2.24. The molecule has 0 radical (unpaired) electrons. The summed E-state index contributed by atoms with van der Waals surface area (Å²) in [7, 11) is 0. The molecule has 4 heteroatoms. The van der Waals surface area contributed by atoms with Crippen molar-refractivity contribution >= 4 is 17.2 Å². The zero-order valence-corrected chi connectivity index (χ0v) is 12.9. The average Bonchev–Trinajstić information content (AvgIpc) is 3.19. The topological polar surface area (TPSA) is 42.0 Å². The third kappa shape index (κ3) is 3.91. The molecular formula is C17H20N2OS. The van der Waals surface area contributed by atoms with E-state index >= 15 is 0 Å². The summed E-state index contributed by atoms with van der Waals surface area (Å²) in [5.41, 5.74) is 2.17. The minimum absolute atomic E-state index is 0.170. The van der Waals surface area contributed by atoms with Crippen molar-refractivity contribution in [1.29, 1.82) is 0 Å². The fourth-order valence-corrected chi connectivity index (χ4v) is 3.62. The third-order valence-electron chi connectivity index (χ3n) is 4.04. The van der Waals surface area contributed by atoms with E-state index in [2.05, 4.69) is 27.8 Å². The number of nitrogens with zero attached hydrogens (tertiary/aromatic N) is 1. The van der Waals surface area contributed by atoms with Gasteiger partial charge >= 0.3 is 0 Å². The second-order valence-electron chi connectivity index (χ2n) is 5.69. The maximum Gasteiger partial charge on any atom is 0.220 e. The zero-order valence-electron chi connectivity index (χ0n) is 12.0. The van der Waals surface area contributed by atoms with Crippen LogP contribution in [0.3, 0.4) is 0 Å². The van der Waals surface area contributed by atoms with Gasteiger partial charge in [-0.3, -0.25) is 9.78 Å². The standard InChI is InChI=1S/C17H20N2OS/c20-17(9-13-4-1-2-5-13)19-11-14-8-15(12-18-10-14)16-6-3-7-21-16/h3,6-8,10,12-13H,1-2,4-5,9,11H2,(H,19,20). The first-order valence-electron chi connectivity index (χ1n) is 7.56. The van der Waals surface area contributed by atoms with Crippen LogP contribution < -0.4 is 5.32 Å². The van der Waals surface area contributed by atoms with Gasteiger partial charge in [0.1, 0.15) is 0 Å². The molecule has 1 aliphatic rings. The highest BCUT2D eigenvalue weighted by Gasteiger charge is 2.18. The first kappa shape index (κ1) is 14.3. The molecule has 1 aliphatic carbocycles. The lowest BCUT2D eigenvalue weighted by molar-refractivity contribution is -0.122. The van der Waals surface area contributed by atoms with E-state index in [1.807, 2.05) is 18.5 Å². The molecule has 0 aromatic carbocycles. The molecule has 110 valence electrons. The van der Waals surface area contributed by atoms with Crippen molar-refractivity contribution in [3.05, 3.63) is 41.5 Å². The highest BCUT2D eigenvalue weighted by Crippen LogP contribution is 2.27. The number of nitrogens with one attached hydrogen (secondary N) is 1. The van der Waals surface area contributed by atoms with Crippen molar-refractivity contribution in [3.63, 3.8) is 0 Å². The van der Waals surface area contributed by atoms with E-state index in [0.29, 0.717) is 18.9 Å². The number of carbonyl (C=O) groups is 1. The molecule has 0 bridgehead atoms. The van der Waals surface area contributed by atoms with E-state index in [4.69, 9.17) is 0 Å². The fourth-order valence-electron chi connectivity index (χ4n) is 2.91. The van der Waals surface area contributed by atoms with E-state index in [1.54, 1.807) is 11.3 Å². The maximum atomic E-state index is 12.0. The van der Waals surface area contributed by atoms with Crippen LogP contribution in [0.15, 0.2) is 36.0 Å². The van der Waals surface area contributed by atoms with Crippen LogP contribution in [0, 0.1) is 5.92 Å². The number of pyridine rings is 1. The Balaban J connectivity index is 1.55. The van der Waals surface area contributed by atoms with Gasteiger partial charge in [0.25, 0.3) is 0 Å². The molecule has 0 saturated heterocycles. The van der Waals surface area contributed by atoms with Gasteiger partial charge in [-0.2, -0.15) is 0 Å². The van der Waals surface area contributed by atoms with Crippen LogP contribution in [0.1, 0.15) is 37.7 Å². The minimum atomic E-state index is 0.170. The van der Waals surface area contributed by atoms with E-state index in [0.717, 1.165) is 11.1 Å². The van der Waals surface area contributed by atoms with E-state index < -0.39 is 0 Å². The van der Waals surface area contributed by atoms with Crippen molar-refractivity contribution in [1.82, 2.24) is 10.3 Å². The lowest BCUT2D eigenvalue weighted by atomic mass is 10.0. The van der Waals surface area contributed by atoms with Gasteiger partial charge < -0.3 is 5.32 Å². The Hall–Kier alpha value is -1.68. The number of carbonyl (C=O) groups excluding carboxylic acids is 1. The van der Waals surface area contributed by atoms with Crippen LogP contribution in [0.5, 0.6) is 0 Å². The SMILES string of the molecule is O=C(CC1CCCC1)NCc1cncc(-c2cccs2)c1. The molecule has 3 nitrogen and oxygen atoms in total. The van der Waals surface area contributed by atoms with Gasteiger partial charge in [-0.1, -0.05) is 18.9 Å². The molecule has 1 saturated carbocycles. The zero-order chi connectivity index (χ0) is 14.5. The van der Waals surface area contributed by atoms with Gasteiger partial charge in [0.05, 0.1) is 0 Å². The average molecular weight is 300 g/mol. The summed E-state index contributed by atoms with van der Waals surface area (Å²) in [4.78, 5) is 17.4. The summed E-state index contributed by atoms with van der Waals surface area (Å²) in [5.74, 6) is 0.768. The van der Waals surface area contributed by atoms with Gasteiger partial charge in [-0.25, -0.2) is 0 Å². The van der Waals surface area contributed by atoms with Gasteiger partial charge in [0.15, 0.2) is 0 Å². The Morgan fingerprint density at radius 2 is 2.19 bits per heavy atom. The summed E-state index contributed by atoms with van der Waals surface area (Å²) in [6.45, 7) is 0.567. The van der Waals surface area contributed by atoms with Gasteiger partial charge in [0, 0.05) is 35.8 Å². The van der Waals surface area contributed by atoms with Crippen molar-refractivity contribution in [2.45, 2.75) is 38.6 Å². The molecule has 1 amide bonds. The molecule has 2 heterocycles. The predicted molar refractivity (Wildman–Crippen MR) is 86.0 cm³/mol. The summed E-state index contributed by atoms with van der Waals surface area (Å²) >= 11 is 1.70. The molecule has 0 unspecified atom stereocenters. The first-order chi connectivity index (χ1) is 10.3. The number of thiophene rings is 1. The van der Waals surface area contributed by atoms with E-state index in [-0.39, 0.29) is 5.91 Å². The third-order valence-corrected chi connectivity index (χ3v) is 4.96. The fraction of sp³-hybridized carbons (Fsp3) is 0.412. The highest BCUT2D eigenvalue weighted by molar-refractivity contribution is 7.13. The van der Waals surface area contributed by atoms with Gasteiger partial charge in [-0.15, -0.1) is 11.3 Å². The maximum absolute atomic E-state index is 12.0. The Morgan fingerprint density at radius 3 is 2.95 bits per heavy atom. The van der Waals surface area contributed by atoms with Crippen LogP contribution in [-0.2, 0) is 11.3 Å². The molecule has 0 spiro atoms. The molecular weight excluding hydrogens is 280 g/mol. The molecule has 1 fully saturated rings. The predicted octanol–water partition coefficient (Wildman–Crippen LogP) is 4.01. The highest BCUT2D eigenvalue weighted by atomic mass is 32.1. The van der Waals surface area contributed by atoms with Crippen LogP contribution in [0.4, 0.5) is 0 Å². The quantitative estimate of drug-likeness (QED) is 0.906. The van der Waals surface area contributed by atoms with Crippen LogP contribution in [0.25, 0.3) is 10.4 Å². The van der Waals surface area contributed by atoms with Crippen molar-refractivity contribution in [2.24, 2.45) is 5.92 Å². The summed E-state index contributed by atoms with van der Waals surface area (Å²) in [5, 5.41) is 5.08. The Labute approximate surface area is 129 Å². The number of aromatic nitrogens is 1. The second-order valence-corrected chi connectivity index (χ2v) is 6.64. The van der Waals surface area contributed by atoms with Gasteiger partial charge in [0.2, 0.25) is 5.91 Å². The van der Waals surface area contributed by atoms with Crippen LogP contribution in [0.2, 0.25) is 0 Å². The molecule has 3 rings (SSSR count). The molecule has 1 N–H and O–H groups in total. The smallest absolute Gasteiger partial charge is 0.220 e. The summed E-state index contributed by atoms with van der Waals surface area (Å²) in [6, 6.07) is 6.23.